The third-order valence-corrected chi connectivity index (χ3v) is 3.41. The third-order valence-electron chi connectivity index (χ3n) is 2.74. The van der Waals surface area contributed by atoms with Crippen molar-refractivity contribution in [3.8, 4) is 0 Å². The van der Waals surface area contributed by atoms with Crippen molar-refractivity contribution in [1.82, 2.24) is 9.55 Å². The number of benzene rings is 1. The highest BCUT2D eigenvalue weighted by Gasteiger charge is 2.26. The molecule has 1 saturated carbocycles. The first kappa shape index (κ1) is 8.71. The van der Waals surface area contributed by atoms with Gasteiger partial charge in [-0.05, 0) is 60.6 Å². The maximum atomic E-state index is 4.59. The summed E-state index contributed by atoms with van der Waals surface area (Å²) in [6, 6.07) is 7.22. The van der Waals surface area contributed by atoms with Crippen LogP contribution >= 0.6 is 22.6 Å². The largest absolute Gasteiger partial charge is 0.325 e. The number of nitrogens with zero attached hydrogens (tertiary/aromatic N) is 2. The highest BCUT2D eigenvalue weighted by molar-refractivity contribution is 14.1. The molecule has 0 atom stereocenters. The van der Waals surface area contributed by atoms with Gasteiger partial charge < -0.3 is 4.57 Å². The Kier molecular flexibility index (Phi) is 1.84. The number of imidazole rings is 1. The first-order valence-corrected chi connectivity index (χ1v) is 5.97. The molecule has 0 unspecified atom stereocenters. The van der Waals surface area contributed by atoms with Crippen LogP contribution < -0.4 is 0 Å². The molecular weight excluding hydrogens is 287 g/mol. The van der Waals surface area contributed by atoms with Crippen LogP contribution in [0.1, 0.15) is 24.7 Å². The molecule has 3 heteroatoms. The maximum absolute atomic E-state index is 4.59. The zero-order chi connectivity index (χ0) is 9.71. The Morgan fingerprint density at radius 3 is 2.93 bits per heavy atom. The number of aromatic nitrogens is 2. The lowest BCUT2D eigenvalue weighted by molar-refractivity contribution is 0.734. The van der Waals surface area contributed by atoms with E-state index in [1.807, 2.05) is 0 Å². The highest BCUT2D eigenvalue weighted by Crippen LogP contribution is 2.38. The van der Waals surface area contributed by atoms with E-state index in [2.05, 4.69) is 57.3 Å². The van der Waals surface area contributed by atoms with E-state index < -0.39 is 0 Å². The molecule has 0 radical (unpaired) electrons. The van der Waals surface area contributed by atoms with Gasteiger partial charge in [0.05, 0.1) is 11.0 Å². The van der Waals surface area contributed by atoms with E-state index in [-0.39, 0.29) is 0 Å². The van der Waals surface area contributed by atoms with Crippen molar-refractivity contribution >= 4 is 33.6 Å². The van der Waals surface area contributed by atoms with Gasteiger partial charge in [0, 0.05) is 9.61 Å². The van der Waals surface area contributed by atoms with Crippen LogP contribution in [0.2, 0.25) is 0 Å². The average Bonchev–Trinajstić information content (AvgIpc) is 2.89. The molecule has 1 heterocycles. The first-order chi connectivity index (χ1) is 6.75. The molecule has 1 aliphatic rings. The van der Waals surface area contributed by atoms with Gasteiger partial charge in [-0.2, -0.15) is 0 Å². The Hall–Kier alpha value is -0.580. The summed E-state index contributed by atoms with van der Waals surface area (Å²) in [6.07, 6.45) is 2.64. The number of halogens is 1. The summed E-state index contributed by atoms with van der Waals surface area (Å²) in [5.74, 6) is 1.16. The molecular formula is C11H11IN2. The Labute approximate surface area is 96.5 Å². The Morgan fingerprint density at radius 1 is 1.43 bits per heavy atom. The van der Waals surface area contributed by atoms with Crippen molar-refractivity contribution in [3.63, 3.8) is 0 Å². The lowest BCUT2D eigenvalue weighted by Gasteiger charge is -2.03. The molecule has 0 amide bonds. The molecule has 1 aromatic heterocycles. The lowest BCUT2D eigenvalue weighted by Crippen LogP contribution is -1.95. The summed E-state index contributed by atoms with van der Waals surface area (Å²) in [4.78, 5) is 4.59. The maximum Gasteiger partial charge on any atom is 0.106 e. The molecule has 0 aliphatic heterocycles. The minimum Gasteiger partial charge on any atom is -0.325 e. The summed E-state index contributed by atoms with van der Waals surface area (Å²) in [6.45, 7) is 2.10. The van der Waals surface area contributed by atoms with Crippen LogP contribution in [0.4, 0.5) is 0 Å². The molecule has 0 N–H and O–H groups in total. The summed E-state index contributed by atoms with van der Waals surface area (Å²) in [5, 5.41) is 0. The zero-order valence-corrected chi connectivity index (χ0v) is 10.2. The van der Waals surface area contributed by atoms with Gasteiger partial charge in [-0.25, -0.2) is 4.98 Å². The zero-order valence-electron chi connectivity index (χ0n) is 8.00. The monoisotopic (exact) mass is 298 g/mol. The van der Waals surface area contributed by atoms with Crippen molar-refractivity contribution in [1.29, 1.82) is 0 Å². The van der Waals surface area contributed by atoms with Crippen molar-refractivity contribution in [2.75, 3.05) is 0 Å². The van der Waals surface area contributed by atoms with Crippen LogP contribution in [0.25, 0.3) is 11.0 Å². The number of fused-ring (bicyclic) bond motifs is 1. The second kappa shape index (κ2) is 2.95. The second-order valence-corrected chi connectivity index (χ2v) is 5.14. The number of rotatable bonds is 1. The fourth-order valence-electron chi connectivity index (χ4n) is 1.99. The van der Waals surface area contributed by atoms with E-state index in [0.29, 0.717) is 0 Å². The third kappa shape index (κ3) is 1.26. The molecule has 3 rings (SSSR count). The molecule has 1 aromatic carbocycles. The fraction of sp³-hybridized carbons (Fsp3) is 0.364. The second-order valence-electron chi connectivity index (χ2n) is 3.89. The number of hydrogen-bond acceptors (Lipinski definition) is 1. The fourth-order valence-corrected chi connectivity index (χ4v) is 2.46. The van der Waals surface area contributed by atoms with Crippen LogP contribution in [0.3, 0.4) is 0 Å². The molecule has 72 valence electrons. The smallest absolute Gasteiger partial charge is 0.106 e. The minimum absolute atomic E-state index is 0.722. The van der Waals surface area contributed by atoms with Gasteiger partial charge in [0.15, 0.2) is 0 Å². The Bertz CT molecular complexity index is 497. The van der Waals surface area contributed by atoms with Gasteiger partial charge in [-0.1, -0.05) is 0 Å². The van der Waals surface area contributed by atoms with Gasteiger partial charge in [0.1, 0.15) is 5.82 Å². The molecule has 1 fully saturated rings. The molecule has 0 saturated heterocycles. The molecule has 14 heavy (non-hydrogen) atoms. The quantitative estimate of drug-likeness (QED) is 0.739. The summed E-state index contributed by atoms with van der Waals surface area (Å²) in [5.41, 5.74) is 2.44. The van der Waals surface area contributed by atoms with Crippen LogP contribution in [0.5, 0.6) is 0 Å². The Morgan fingerprint density at radius 2 is 2.21 bits per heavy atom. The number of aryl methyl sites for hydroxylation is 1. The van der Waals surface area contributed by atoms with E-state index in [1.165, 1.54) is 21.9 Å². The van der Waals surface area contributed by atoms with Crippen molar-refractivity contribution in [2.24, 2.45) is 0 Å². The molecule has 2 aromatic rings. The van der Waals surface area contributed by atoms with Gasteiger partial charge >= 0.3 is 0 Å². The van der Waals surface area contributed by atoms with Crippen LogP contribution in [0, 0.1) is 10.5 Å². The van der Waals surface area contributed by atoms with Crippen molar-refractivity contribution < 1.29 is 0 Å². The van der Waals surface area contributed by atoms with E-state index in [4.69, 9.17) is 0 Å². The van der Waals surface area contributed by atoms with Gasteiger partial charge in [-0.3, -0.25) is 0 Å². The van der Waals surface area contributed by atoms with Crippen molar-refractivity contribution in [2.45, 2.75) is 25.8 Å². The van der Waals surface area contributed by atoms with Crippen LogP contribution in [0.15, 0.2) is 18.2 Å². The molecule has 0 bridgehead atoms. The predicted octanol–water partition coefficient (Wildman–Crippen LogP) is 3.28. The molecule has 1 aliphatic carbocycles. The van der Waals surface area contributed by atoms with E-state index >= 15 is 0 Å². The summed E-state index contributed by atoms with van der Waals surface area (Å²) >= 11 is 2.33. The topological polar surface area (TPSA) is 17.8 Å². The average molecular weight is 298 g/mol. The van der Waals surface area contributed by atoms with Crippen molar-refractivity contribution in [3.05, 3.63) is 27.6 Å². The molecule has 0 spiro atoms. The van der Waals surface area contributed by atoms with Gasteiger partial charge in [0.25, 0.3) is 0 Å². The van der Waals surface area contributed by atoms with Gasteiger partial charge in [0.2, 0.25) is 0 Å². The SMILES string of the molecule is Cc1nc2cc(I)ccc2n1C1CC1. The lowest BCUT2D eigenvalue weighted by atomic mass is 10.3. The van der Waals surface area contributed by atoms with E-state index in [0.717, 1.165) is 17.4 Å². The Balaban J connectivity index is 2.32. The van der Waals surface area contributed by atoms with E-state index in [1.54, 1.807) is 0 Å². The normalized spacial score (nSPS) is 16.4. The van der Waals surface area contributed by atoms with E-state index in [9.17, 15) is 0 Å². The van der Waals surface area contributed by atoms with Crippen LogP contribution in [-0.4, -0.2) is 9.55 Å². The number of hydrogen-bond donors (Lipinski definition) is 0. The van der Waals surface area contributed by atoms with Gasteiger partial charge in [-0.15, -0.1) is 0 Å². The summed E-state index contributed by atoms with van der Waals surface area (Å²) < 4.78 is 3.64. The first-order valence-electron chi connectivity index (χ1n) is 4.90. The van der Waals surface area contributed by atoms with Crippen LogP contribution in [-0.2, 0) is 0 Å². The molecule has 2 nitrogen and oxygen atoms in total. The highest BCUT2D eigenvalue weighted by atomic mass is 127. The predicted molar refractivity (Wildman–Crippen MR) is 65.5 cm³/mol. The minimum atomic E-state index is 0.722. The summed E-state index contributed by atoms with van der Waals surface area (Å²) in [7, 11) is 0. The standard InChI is InChI=1S/C11H11IN2/c1-7-13-10-6-8(12)2-5-11(10)14(7)9-3-4-9/h2,5-6,9H,3-4H2,1H3.